The Kier molecular flexibility index (Phi) is 4.33. The summed E-state index contributed by atoms with van der Waals surface area (Å²) in [5.41, 5.74) is 3.18. The van der Waals surface area contributed by atoms with Crippen LogP contribution in [0.4, 0.5) is 4.39 Å². The lowest BCUT2D eigenvalue weighted by atomic mass is 10.1. The molecule has 3 rings (SSSR count). The number of hydrogen-bond donors (Lipinski definition) is 1. The van der Waals surface area contributed by atoms with Gasteiger partial charge in [0.25, 0.3) is 0 Å². The van der Waals surface area contributed by atoms with Gasteiger partial charge in [-0.2, -0.15) is 5.10 Å². The molecule has 2 heterocycles. The van der Waals surface area contributed by atoms with E-state index in [2.05, 4.69) is 15.4 Å². The van der Waals surface area contributed by atoms with Gasteiger partial charge in [0, 0.05) is 36.1 Å². The van der Waals surface area contributed by atoms with Crippen molar-refractivity contribution in [3.05, 3.63) is 58.1 Å². The van der Waals surface area contributed by atoms with Crippen LogP contribution in [-0.2, 0) is 13.6 Å². The number of aromatic nitrogens is 3. The van der Waals surface area contributed by atoms with E-state index in [4.69, 9.17) is 11.6 Å². The summed E-state index contributed by atoms with van der Waals surface area (Å²) in [7, 11) is 1.84. The van der Waals surface area contributed by atoms with Crippen LogP contribution in [0.5, 0.6) is 0 Å². The molecule has 23 heavy (non-hydrogen) atoms. The first kappa shape index (κ1) is 15.9. The molecule has 1 aromatic carbocycles. The summed E-state index contributed by atoms with van der Waals surface area (Å²) in [6.45, 7) is 4.37. The Bertz CT molecular complexity index is 859. The number of fused-ring (bicyclic) bond motifs is 1. The van der Waals surface area contributed by atoms with Gasteiger partial charge >= 0.3 is 0 Å². The molecule has 2 aromatic heterocycles. The normalized spacial score (nSPS) is 12.7. The zero-order valence-corrected chi connectivity index (χ0v) is 14.0. The minimum Gasteiger partial charge on any atom is -0.306 e. The number of nitrogens with one attached hydrogen (secondary N) is 1. The van der Waals surface area contributed by atoms with E-state index in [1.807, 2.05) is 33.0 Å². The number of pyridine rings is 1. The van der Waals surface area contributed by atoms with E-state index >= 15 is 0 Å². The second-order valence-electron chi connectivity index (χ2n) is 5.64. The summed E-state index contributed by atoms with van der Waals surface area (Å²) in [5, 5.41) is 9.07. The van der Waals surface area contributed by atoms with Crippen molar-refractivity contribution >= 4 is 22.6 Å². The van der Waals surface area contributed by atoms with Gasteiger partial charge in [-0.15, -0.1) is 0 Å². The van der Waals surface area contributed by atoms with Gasteiger partial charge in [0.2, 0.25) is 0 Å². The molecule has 0 spiro atoms. The molecule has 0 radical (unpaired) electrons. The number of hydrogen-bond acceptors (Lipinski definition) is 3. The molecule has 0 amide bonds. The second kappa shape index (κ2) is 6.26. The van der Waals surface area contributed by atoms with Crippen molar-refractivity contribution in [2.75, 3.05) is 0 Å². The SMILES string of the molecule is Cc1nn(C)c2nc(Cl)c(CN[C@H](C)c3ccccc3F)cc12. The maximum absolute atomic E-state index is 13.8. The summed E-state index contributed by atoms with van der Waals surface area (Å²) in [6, 6.07) is 8.63. The minimum absolute atomic E-state index is 0.127. The summed E-state index contributed by atoms with van der Waals surface area (Å²) in [4.78, 5) is 4.42. The third-order valence-corrected chi connectivity index (χ3v) is 4.32. The maximum atomic E-state index is 13.8. The summed E-state index contributed by atoms with van der Waals surface area (Å²) in [5.74, 6) is -0.213. The molecule has 6 heteroatoms. The predicted octanol–water partition coefficient (Wildman–Crippen LogP) is 3.92. The van der Waals surface area contributed by atoms with Gasteiger partial charge in [-0.25, -0.2) is 9.37 Å². The van der Waals surface area contributed by atoms with Gasteiger partial charge in [0.05, 0.1) is 5.69 Å². The zero-order valence-electron chi connectivity index (χ0n) is 13.3. The molecular weight excluding hydrogens is 315 g/mol. The van der Waals surface area contributed by atoms with Crippen LogP contribution in [0.3, 0.4) is 0 Å². The number of aryl methyl sites for hydroxylation is 2. The number of benzene rings is 1. The lowest BCUT2D eigenvalue weighted by Gasteiger charge is -2.15. The molecule has 1 N–H and O–H groups in total. The molecule has 0 fully saturated rings. The van der Waals surface area contributed by atoms with Crippen LogP contribution < -0.4 is 5.32 Å². The van der Waals surface area contributed by atoms with E-state index in [0.717, 1.165) is 22.3 Å². The molecule has 0 aliphatic rings. The molecule has 3 aromatic rings. The first-order chi connectivity index (χ1) is 11.0. The van der Waals surface area contributed by atoms with Crippen LogP contribution in [0.1, 0.15) is 29.8 Å². The van der Waals surface area contributed by atoms with Crippen molar-refractivity contribution in [3.8, 4) is 0 Å². The van der Waals surface area contributed by atoms with E-state index in [-0.39, 0.29) is 11.9 Å². The van der Waals surface area contributed by atoms with Crippen LogP contribution in [0.15, 0.2) is 30.3 Å². The van der Waals surface area contributed by atoms with E-state index in [1.54, 1.807) is 16.8 Å². The quantitative estimate of drug-likeness (QED) is 0.736. The average molecular weight is 333 g/mol. The van der Waals surface area contributed by atoms with Crippen LogP contribution in [-0.4, -0.2) is 14.8 Å². The Hall–Kier alpha value is -1.98. The summed E-state index contributed by atoms with van der Waals surface area (Å²) in [6.07, 6.45) is 0. The molecule has 0 saturated heterocycles. The van der Waals surface area contributed by atoms with Crippen molar-refractivity contribution in [3.63, 3.8) is 0 Å². The minimum atomic E-state index is -0.213. The number of rotatable bonds is 4. The van der Waals surface area contributed by atoms with Crippen molar-refractivity contribution in [1.82, 2.24) is 20.1 Å². The van der Waals surface area contributed by atoms with Gasteiger partial charge < -0.3 is 5.32 Å². The first-order valence-electron chi connectivity index (χ1n) is 7.44. The Morgan fingerprint density at radius 2 is 2.09 bits per heavy atom. The molecule has 0 unspecified atom stereocenters. The summed E-state index contributed by atoms with van der Waals surface area (Å²) >= 11 is 6.28. The lowest BCUT2D eigenvalue weighted by molar-refractivity contribution is 0.528. The highest BCUT2D eigenvalue weighted by atomic mass is 35.5. The second-order valence-corrected chi connectivity index (χ2v) is 6.00. The summed E-state index contributed by atoms with van der Waals surface area (Å²) < 4.78 is 15.5. The van der Waals surface area contributed by atoms with Crippen LogP contribution in [0.2, 0.25) is 5.15 Å². The molecule has 1 atom stereocenters. The topological polar surface area (TPSA) is 42.7 Å². The smallest absolute Gasteiger partial charge is 0.159 e. The fraction of sp³-hybridized carbons (Fsp3) is 0.294. The number of nitrogens with zero attached hydrogens (tertiary/aromatic N) is 3. The zero-order chi connectivity index (χ0) is 16.6. The van der Waals surface area contributed by atoms with Crippen molar-refractivity contribution in [2.45, 2.75) is 26.4 Å². The Morgan fingerprint density at radius 3 is 2.83 bits per heavy atom. The molecule has 0 aliphatic carbocycles. The van der Waals surface area contributed by atoms with Crippen molar-refractivity contribution < 1.29 is 4.39 Å². The fourth-order valence-electron chi connectivity index (χ4n) is 2.69. The lowest BCUT2D eigenvalue weighted by Crippen LogP contribution is -2.19. The Labute approximate surface area is 139 Å². The largest absolute Gasteiger partial charge is 0.306 e. The van der Waals surface area contributed by atoms with E-state index < -0.39 is 0 Å². The average Bonchev–Trinajstić information content (AvgIpc) is 2.79. The first-order valence-corrected chi connectivity index (χ1v) is 7.81. The maximum Gasteiger partial charge on any atom is 0.159 e. The standard InChI is InChI=1S/C17H18ClFN4/c1-10(13-6-4-5-7-15(13)19)20-9-12-8-14-11(2)22-23(3)17(14)21-16(12)18/h4-8,10,20H,9H2,1-3H3/t10-/m1/s1. The highest BCUT2D eigenvalue weighted by Gasteiger charge is 2.14. The molecule has 0 saturated carbocycles. The monoisotopic (exact) mass is 332 g/mol. The van der Waals surface area contributed by atoms with Crippen LogP contribution in [0.25, 0.3) is 11.0 Å². The molecule has 120 valence electrons. The van der Waals surface area contributed by atoms with E-state index in [9.17, 15) is 4.39 Å². The van der Waals surface area contributed by atoms with Crippen molar-refractivity contribution in [2.24, 2.45) is 7.05 Å². The van der Waals surface area contributed by atoms with Gasteiger partial charge in [0.1, 0.15) is 11.0 Å². The highest BCUT2D eigenvalue weighted by molar-refractivity contribution is 6.30. The van der Waals surface area contributed by atoms with Gasteiger partial charge in [-0.05, 0) is 26.0 Å². The molecule has 0 bridgehead atoms. The van der Waals surface area contributed by atoms with Crippen molar-refractivity contribution in [1.29, 1.82) is 0 Å². The molecule has 0 aliphatic heterocycles. The Balaban J connectivity index is 1.83. The third-order valence-electron chi connectivity index (χ3n) is 4.00. The Morgan fingerprint density at radius 1 is 1.35 bits per heavy atom. The predicted molar refractivity (Wildman–Crippen MR) is 89.9 cm³/mol. The van der Waals surface area contributed by atoms with Crippen LogP contribution >= 0.6 is 11.6 Å². The molecular formula is C17H18ClFN4. The van der Waals surface area contributed by atoms with Gasteiger partial charge in [0.15, 0.2) is 5.65 Å². The highest BCUT2D eigenvalue weighted by Crippen LogP contribution is 2.24. The van der Waals surface area contributed by atoms with Crippen LogP contribution in [0, 0.1) is 12.7 Å². The number of halogens is 2. The van der Waals surface area contributed by atoms with Gasteiger partial charge in [-0.3, -0.25) is 4.68 Å². The van der Waals surface area contributed by atoms with Gasteiger partial charge in [-0.1, -0.05) is 29.8 Å². The molecule has 4 nitrogen and oxygen atoms in total. The van der Waals surface area contributed by atoms with E-state index in [1.165, 1.54) is 6.07 Å². The fourth-order valence-corrected chi connectivity index (χ4v) is 2.89. The van der Waals surface area contributed by atoms with E-state index in [0.29, 0.717) is 17.3 Å². The third kappa shape index (κ3) is 3.07.